The number of ether oxygens (including phenoxy) is 1. The average Bonchev–Trinajstić information content (AvgIpc) is 2.42. The van der Waals surface area contributed by atoms with Gasteiger partial charge in [0.15, 0.2) is 17.4 Å². The second-order valence-electron chi connectivity index (χ2n) is 3.80. The van der Waals surface area contributed by atoms with Crippen molar-refractivity contribution in [2.75, 3.05) is 0 Å². The van der Waals surface area contributed by atoms with Crippen molar-refractivity contribution in [2.24, 2.45) is 10.9 Å². The van der Waals surface area contributed by atoms with Crippen molar-refractivity contribution in [3.05, 3.63) is 58.6 Å². The second kappa shape index (κ2) is 5.75. The molecular formula is C13H9ClF2N2O2. The van der Waals surface area contributed by atoms with Crippen LogP contribution in [0.2, 0.25) is 5.02 Å². The van der Waals surface area contributed by atoms with Crippen molar-refractivity contribution >= 4 is 17.4 Å². The first-order valence-electron chi connectivity index (χ1n) is 5.41. The van der Waals surface area contributed by atoms with E-state index in [1.807, 2.05) is 0 Å². The van der Waals surface area contributed by atoms with E-state index in [1.165, 1.54) is 18.2 Å². The molecule has 0 spiro atoms. The van der Waals surface area contributed by atoms with E-state index in [2.05, 4.69) is 5.16 Å². The highest BCUT2D eigenvalue weighted by molar-refractivity contribution is 6.30. The third-order valence-corrected chi connectivity index (χ3v) is 2.68. The van der Waals surface area contributed by atoms with Gasteiger partial charge in [-0.3, -0.25) is 0 Å². The van der Waals surface area contributed by atoms with E-state index in [9.17, 15) is 8.78 Å². The van der Waals surface area contributed by atoms with Crippen LogP contribution in [-0.4, -0.2) is 11.0 Å². The Hall–Kier alpha value is -2.34. The topological polar surface area (TPSA) is 67.8 Å². The van der Waals surface area contributed by atoms with Crippen LogP contribution in [-0.2, 0) is 0 Å². The molecule has 2 aromatic rings. The summed E-state index contributed by atoms with van der Waals surface area (Å²) in [6.07, 6.45) is 0. The van der Waals surface area contributed by atoms with Gasteiger partial charge in [0.25, 0.3) is 0 Å². The van der Waals surface area contributed by atoms with Crippen molar-refractivity contribution in [3.63, 3.8) is 0 Å². The van der Waals surface area contributed by atoms with Crippen molar-refractivity contribution in [1.82, 2.24) is 0 Å². The lowest BCUT2D eigenvalue weighted by molar-refractivity contribution is 0.318. The molecule has 0 heterocycles. The number of hydrogen-bond acceptors (Lipinski definition) is 3. The first-order valence-corrected chi connectivity index (χ1v) is 5.79. The molecule has 0 unspecified atom stereocenters. The molecule has 104 valence electrons. The molecule has 0 bridgehead atoms. The number of benzene rings is 2. The Labute approximate surface area is 118 Å². The van der Waals surface area contributed by atoms with Crippen LogP contribution < -0.4 is 10.5 Å². The molecule has 20 heavy (non-hydrogen) atoms. The summed E-state index contributed by atoms with van der Waals surface area (Å²) in [5.74, 6) is -1.95. The van der Waals surface area contributed by atoms with Gasteiger partial charge < -0.3 is 15.7 Å². The quantitative estimate of drug-likeness (QED) is 0.394. The van der Waals surface area contributed by atoms with Crippen molar-refractivity contribution in [1.29, 1.82) is 0 Å². The van der Waals surface area contributed by atoms with Crippen LogP contribution in [0.25, 0.3) is 0 Å². The zero-order chi connectivity index (χ0) is 14.7. The second-order valence-corrected chi connectivity index (χ2v) is 4.24. The Morgan fingerprint density at radius 3 is 2.60 bits per heavy atom. The van der Waals surface area contributed by atoms with Crippen LogP contribution in [0.3, 0.4) is 0 Å². The van der Waals surface area contributed by atoms with Gasteiger partial charge in [0, 0.05) is 17.2 Å². The number of oxime groups is 1. The summed E-state index contributed by atoms with van der Waals surface area (Å²) in [4.78, 5) is 0. The van der Waals surface area contributed by atoms with Crippen LogP contribution in [0.5, 0.6) is 11.5 Å². The van der Waals surface area contributed by atoms with Crippen LogP contribution in [0.1, 0.15) is 5.56 Å². The lowest BCUT2D eigenvalue weighted by Crippen LogP contribution is -2.14. The molecule has 0 aliphatic heterocycles. The molecule has 0 fully saturated rings. The third kappa shape index (κ3) is 2.97. The number of amidine groups is 1. The minimum Gasteiger partial charge on any atom is -0.453 e. The Balaban J connectivity index is 2.47. The maximum Gasteiger partial charge on any atom is 0.173 e. The minimum absolute atomic E-state index is 0.0392. The number of halogens is 3. The van der Waals surface area contributed by atoms with Gasteiger partial charge in [-0.25, -0.2) is 8.78 Å². The van der Waals surface area contributed by atoms with E-state index < -0.39 is 11.6 Å². The fourth-order valence-corrected chi connectivity index (χ4v) is 1.68. The first-order chi connectivity index (χ1) is 9.51. The van der Waals surface area contributed by atoms with Gasteiger partial charge in [0.2, 0.25) is 0 Å². The normalized spacial score (nSPS) is 11.4. The fraction of sp³-hybridized carbons (Fsp3) is 0. The smallest absolute Gasteiger partial charge is 0.173 e. The summed E-state index contributed by atoms with van der Waals surface area (Å²) < 4.78 is 31.9. The Morgan fingerprint density at radius 1 is 1.15 bits per heavy atom. The van der Waals surface area contributed by atoms with E-state index in [0.29, 0.717) is 5.02 Å². The zero-order valence-corrected chi connectivity index (χ0v) is 10.7. The monoisotopic (exact) mass is 298 g/mol. The van der Waals surface area contributed by atoms with E-state index in [1.54, 1.807) is 0 Å². The van der Waals surface area contributed by atoms with E-state index in [-0.39, 0.29) is 22.9 Å². The molecule has 0 saturated carbocycles. The highest BCUT2D eigenvalue weighted by Crippen LogP contribution is 2.30. The molecule has 0 atom stereocenters. The van der Waals surface area contributed by atoms with Gasteiger partial charge in [0.1, 0.15) is 11.6 Å². The molecule has 0 aromatic heterocycles. The molecule has 0 amide bonds. The summed E-state index contributed by atoms with van der Waals surface area (Å²) in [5, 5.41) is 11.8. The van der Waals surface area contributed by atoms with Crippen molar-refractivity contribution in [2.45, 2.75) is 0 Å². The zero-order valence-electron chi connectivity index (χ0n) is 9.98. The predicted octanol–water partition coefficient (Wildman–Crippen LogP) is 3.51. The molecule has 0 aliphatic rings. The van der Waals surface area contributed by atoms with Crippen molar-refractivity contribution < 1.29 is 18.7 Å². The Kier molecular flexibility index (Phi) is 4.05. The van der Waals surface area contributed by atoms with Gasteiger partial charge in [-0.2, -0.15) is 0 Å². The standard InChI is InChI=1S/C13H9ClF2N2O2/c14-7-1-3-9(13(17)18-19)11(5-7)20-12-6-8(15)2-4-10(12)16/h1-6,19H,(H2,17,18). The van der Waals surface area contributed by atoms with Gasteiger partial charge in [-0.1, -0.05) is 16.8 Å². The molecule has 2 aromatic carbocycles. The predicted molar refractivity (Wildman–Crippen MR) is 70.4 cm³/mol. The maximum atomic E-state index is 13.5. The number of rotatable bonds is 3. The van der Waals surface area contributed by atoms with E-state index >= 15 is 0 Å². The van der Waals surface area contributed by atoms with Gasteiger partial charge in [-0.15, -0.1) is 0 Å². The molecule has 0 aliphatic carbocycles. The Morgan fingerprint density at radius 2 is 1.90 bits per heavy atom. The van der Waals surface area contributed by atoms with Gasteiger partial charge >= 0.3 is 0 Å². The van der Waals surface area contributed by atoms with E-state index in [4.69, 9.17) is 27.3 Å². The highest BCUT2D eigenvalue weighted by Gasteiger charge is 2.13. The number of nitrogens with zero attached hydrogens (tertiary/aromatic N) is 1. The summed E-state index contributed by atoms with van der Waals surface area (Å²) in [5.41, 5.74) is 5.67. The number of hydrogen-bond donors (Lipinski definition) is 2. The summed E-state index contributed by atoms with van der Waals surface area (Å²) in [6.45, 7) is 0. The highest BCUT2D eigenvalue weighted by atomic mass is 35.5. The molecule has 0 saturated heterocycles. The molecular weight excluding hydrogens is 290 g/mol. The van der Waals surface area contributed by atoms with E-state index in [0.717, 1.165) is 18.2 Å². The first kappa shape index (κ1) is 14.1. The van der Waals surface area contributed by atoms with Gasteiger partial charge in [0.05, 0.1) is 5.56 Å². The van der Waals surface area contributed by atoms with Crippen LogP contribution >= 0.6 is 11.6 Å². The van der Waals surface area contributed by atoms with Crippen LogP contribution in [0, 0.1) is 11.6 Å². The lowest BCUT2D eigenvalue weighted by Gasteiger charge is -2.11. The fourth-order valence-electron chi connectivity index (χ4n) is 1.52. The summed E-state index contributed by atoms with van der Waals surface area (Å²) >= 11 is 5.81. The largest absolute Gasteiger partial charge is 0.453 e. The van der Waals surface area contributed by atoms with Crippen molar-refractivity contribution in [3.8, 4) is 11.5 Å². The molecule has 3 N–H and O–H groups in total. The third-order valence-electron chi connectivity index (χ3n) is 2.44. The van der Waals surface area contributed by atoms with Crippen LogP contribution in [0.15, 0.2) is 41.6 Å². The SMILES string of the molecule is NC(=NO)c1ccc(Cl)cc1Oc1cc(F)ccc1F. The molecule has 0 radical (unpaired) electrons. The average molecular weight is 299 g/mol. The molecule has 4 nitrogen and oxygen atoms in total. The number of nitrogens with two attached hydrogens (primary N) is 1. The summed E-state index contributed by atoms with van der Waals surface area (Å²) in [7, 11) is 0. The molecule has 7 heteroatoms. The maximum absolute atomic E-state index is 13.5. The van der Waals surface area contributed by atoms with Gasteiger partial charge in [-0.05, 0) is 24.3 Å². The lowest BCUT2D eigenvalue weighted by atomic mass is 10.2. The molecule has 2 rings (SSSR count). The minimum atomic E-state index is -0.753. The van der Waals surface area contributed by atoms with Crippen LogP contribution in [0.4, 0.5) is 8.78 Å². The Bertz CT molecular complexity index is 677. The summed E-state index contributed by atoms with van der Waals surface area (Å²) in [6, 6.07) is 7.04.